The van der Waals surface area contributed by atoms with E-state index >= 15 is 0 Å². The lowest BCUT2D eigenvalue weighted by Crippen LogP contribution is -2.28. The van der Waals surface area contributed by atoms with Crippen molar-refractivity contribution < 1.29 is 14.5 Å². The molecule has 140 valence electrons. The fourth-order valence-corrected chi connectivity index (χ4v) is 3.21. The average molecular weight is 367 g/mol. The van der Waals surface area contributed by atoms with Gasteiger partial charge in [0, 0.05) is 17.7 Å². The van der Waals surface area contributed by atoms with Gasteiger partial charge in [0.05, 0.1) is 4.92 Å². The highest BCUT2D eigenvalue weighted by Gasteiger charge is 2.22. The quantitative estimate of drug-likeness (QED) is 0.620. The molecule has 0 heterocycles. The standard InChI is InChI=1S/C20H21N3O4/c24-20(14-27-19-13-7-6-12-18(19)23(25)26)22-21-17-11-5-4-10-16(17)15-8-2-1-3-9-15/h1-3,6-9,12-13,16H,4-5,10-11,14H2,(H,22,24)/b21-17-/t16-/m0/s1. The zero-order valence-electron chi connectivity index (χ0n) is 14.8. The third kappa shape index (κ3) is 4.91. The summed E-state index contributed by atoms with van der Waals surface area (Å²) < 4.78 is 5.29. The Hall–Kier alpha value is -3.22. The van der Waals surface area contributed by atoms with Gasteiger partial charge in [0.15, 0.2) is 12.4 Å². The van der Waals surface area contributed by atoms with Crippen LogP contribution in [0.15, 0.2) is 59.7 Å². The van der Waals surface area contributed by atoms with Crippen molar-refractivity contribution in [3.05, 3.63) is 70.3 Å². The van der Waals surface area contributed by atoms with Gasteiger partial charge in [0.2, 0.25) is 0 Å². The Morgan fingerprint density at radius 2 is 1.89 bits per heavy atom. The molecule has 0 aliphatic heterocycles. The number of benzene rings is 2. The first-order valence-corrected chi connectivity index (χ1v) is 8.91. The molecule has 7 heteroatoms. The molecule has 0 unspecified atom stereocenters. The maximum absolute atomic E-state index is 12.1. The third-order valence-corrected chi connectivity index (χ3v) is 4.52. The molecule has 2 aromatic carbocycles. The van der Waals surface area contributed by atoms with Crippen molar-refractivity contribution in [2.24, 2.45) is 5.10 Å². The number of rotatable bonds is 6. The molecule has 0 radical (unpaired) electrons. The second-order valence-corrected chi connectivity index (χ2v) is 6.36. The normalized spacial score (nSPS) is 18.1. The maximum Gasteiger partial charge on any atom is 0.310 e. The summed E-state index contributed by atoms with van der Waals surface area (Å²) in [4.78, 5) is 22.5. The summed E-state index contributed by atoms with van der Waals surface area (Å²) in [6.07, 6.45) is 4.02. The molecule has 0 saturated heterocycles. The number of ether oxygens (including phenoxy) is 1. The molecule has 1 aliphatic rings. The number of para-hydroxylation sites is 2. The van der Waals surface area contributed by atoms with E-state index in [1.807, 2.05) is 18.2 Å². The molecule has 2 aromatic rings. The Kier molecular flexibility index (Phi) is 6.14. The molecule has 1 fully saturated rings. The first-order chi connectivity index (χ1) is 13.1. The summed E-state index contributed by atoms with van der Waals surface area (Å²) in [6, 6.07) is 16.1. The molecule has 1 amide bonds. The fraction of sp³-hybridized carbons (Fsp3) is 0.300. The number of carbonyl (C=O) groups excluding carboxylic acids is 1. The molecule has 1 atom stereocenters. The largest absolute Gasteiger partial charge is 0.477 e. The number of nitrogens with one attached hydrogen (secondary N) is 1. The molecule has 1 aliphatic carbocycles. The minimum Gasteiger partial charge on any atom is -0.477 e. The number of hydrogen-bond donors (Lipinski definition) is 1. The van der Waals surface area contributed by atoms with Gasteiger partial charge in [-0.15, -0.1) is 0 Å². The van der Waals surface area contributed by atoms with E-state index < -0.39 is 10.8 Å². The summed E-state index contributed by atoms with van der Waals surface area (Å²) in [6.45, 7) is -0.336. The van der Waals surface area contributed by atoms with Crippen molar-refractivity contribution >= 4 is 17.3 Å². The monoisotopic (exact) mass is 367 g/mol. The molecular weight excluding hydrogens is 346 g/mol. The average Bonchev–Trinajstić information content (AvgIpc) is 2.71. The van der Waals surface area contributed by atoms with Gasteiger partial charge in [-0.05, 0) is 30.9 Å². The van der Waals surface area contributed by atoms with E-state index in [0.717, 1.165) is 31.4 Å². The molecule has 7 nitrogen and oxygen atoms in total. The fourth-order valence-electron chi connectivity index (χ4n) is 3.21. The van der Waals surface area contributed by atoms with Gasteiger partial charge in [-0.2, -0.15) is 5.10 Å². The van der Waals surface area contributed by atoms with Crippen molar-refractivity contribution in [3.8, 4) is 5.75 Å². The van der Waals surface area contributed by atoms with Gasteiger partial charge in [0.1, 0.15) is 0 Å². The summed E-state index contributed by atoms with van der Waals surface area (Å²) in [5.74, 6) is -0.181. The van der Waals surface area contributed by atoms with Crippen LogP contribution >= 0.6 is 0 Å². The highest BCUT2D eigenvalue weighted by atomic mass is 16.6. The molecule has 3 rings (SSSR count). The minimum atomic E-state index is -0.542. The number of amides is 1. The molecule has 1 saturated carbocycles. The van der Waals surface area contributed by atoms with Crippen LogP contribution in [0.4, 0.5) is 5.69 Å². The van der Waals surface area contributed by atoms with Crippen LogP contribution in [-0.2, 0) is 4.79 Å². The molecule has 0 aromatic heterocycles. The highest BCUT2D eigenvalue weighted by molar-refractivity contribution is 5.92. The molecular formula is C20H21N3O4. The lowest BCUT2D eigenvalue weighted by Gasteiger charge is -2.24. The van der Waals surface area contributed by atoms with Crippen molar-refractivity contribution in [2.45, 2.75) is 31.6 Å². The number of hydrogen-bond acceptors (Lipinski definition) is 5. The second-order valence-electron chi connectivity index (χ2n) is 6.36. The lowest BCUT2D eigenvalue weighted by atomic mass is 9.82. The third-order valence-electron chi connectivity index (χ3n) is 4.52. The smallest absolute Gasteiger partial charge is 0.310 e. The van der Waals surface area contributed by atoms with Crippen LogP contribution in [0.5, 0.6) is 5.75 Å². The first-order valence-electron chi connectivity index (χ1n) is 8.91. The highest BCUT2D eigenvalue weighted by Crippen LogP contribution is 2.30. The minimum absolute atomic E-state index is 0.0603. The predicted molar refractivity (Wildman–Crippen MR) is 102 cm³/mol. The first kappa shape index (κ1) is 18.6. The number of nitro benzene ring substituents is 1. The van der Waals surface area contributed by atoms with Crippen molar-refractivity contribution in [1.29, 1.82) is 0 Å². The van der Waals surface area contributed by atoms with E-state index in [-0.39, 0.29) is 24.0 Å². The topological polar surface area (TPSA) is 93.8 Å². The summed E-state index contributed by atoms with van der Waals surface area (Å²) in [5.41, 5.74) is 4.50. The molecule has 0 spiro atoms. The Bertz CT molecular complexity index is 836. The van der Waals surface area contributed by atoms with Crippen molar-refractivity contribution in [2.75, 3.05) is 6.61 Å². The van der Waals surface area contributed by atoms with Gasteiger partial charge in [0.25, 0.3) is 5.91 Å². The predicted octanol–water partition coefficient (Wildman–Crippen LogP) is 3.80. The molecule has 0 bridgehead atoms. The van der Waals surface area contributed by atoms with Gasteiger partial charge in [-0.25, -0.2) is 5.43 Å². The molecule has 1 N–H and O–H groups in total. The van der Waals surface area contributed by atoms with Crippen LogP contribution in [0.2, 0.25) is 0 Å². The van der Waals surface area contributed by atoms with Gasteiger partial charge >= 0.3 is 5.69 Å². The molecule has 27 heavy (non-hydrogen) atoms. The van der Waals surface area contributed by atoms with E-state index in [0.29, 0.717) is 0 Å². The van der Waals surface area contributed by atoms with E-state index in [9.17, 15) is 14.9 Å². The van der Waals surface area contributed by atoms with Crippen molar-refractivity contribution in [1.82, 2.24) is 5.43 Å². The van der Waals surface area contributed by atoms with Crippen LogP contribution in [0.1, 0.15) is 37.2 Å². The summed E-state index contributed by atoms with van der Waals surface area (Å²) in [7, 11) is 0. The van der Waals surface area contributed by atoms with Crippen LogP contribution < -0.4 is 10.2 Å². The number of nitrogens with zero attached hydrogens (tertiary/aromatic N) is 2. The van der Waals surface area contributed by atoms with Gasteiger partial charge in [-0.3, -0.25) is 14.9 Å². The number of nitro groups is 1. The van der Waals surface area contributed by atoms with E-state index in [2.05, 4.69) is 22.7 Å². The van der Waals surface area contributed by atoms with Crippen LogP contribution in [0.3, 0.4) is 0 Å². The zero-order chi connectivity index (χ0) is 19.1. The van der Waals surface area contributed by atoms with Crippen LogP contribution in [0.25, 0.3) is 0 Å². The Balaban J connectivity index is 1.61. The Morgan fingerprint density at radius 1 is 1.15 bits per heavy atom. The summed E-state index contributed by atoms with van der Waals surface area (Å²) >= 11 is 0. The van der Waals surface area contributed by atoms with E-state index in [4.69, 9.17) is 4.74 Å². The van der Waals surface area contributed by atoms with E-state index in [1.54, 1.807) is 12.1 Å². The second kappa shape index (κ2) is 8.93. The van der Waals surface area contributed by atoms with Gasteiger partial charge in [-0.1, -0.05) is 48.9 Å². The summed E-state index contributed by atoms with van der Waals surface area (Å²) in [5, 5.41) is 15.3. The van der Waals surface area contributed by atoms with Crippen LogP contribution in [-0.4, -0.2) is 23.1 Å². The van der Waals surface area contributed by atoms with Crippen molar-refractivity contribution in [3.63, 3.8) is 0 Å². The SMILES string of the molecule is O=C(COc1ccccc1[N+](=O)[O-])N/N=C1/CCCC[C@H]1c1ccccc1. The van der Waals surface area contributed by atoms with Gasteiger partial charge < -0.3 is 4.74 Å². The Labute approximate surface area is 157 Å². The van der Waals surface area contributed by atoms with Crippen LogP contribution in [0, 0.1) is 10.1 Å². The maximum atomic E-state index is 12.1. The Morgan fingerprint density at radius 3 is 2.67 bits per heavy atom. The number of hydrazone groups is 1. The van der Waals surface area contributed by atoms with E-state index in [1.165, 1.54) is 17.7 Å². The number of carbonyl (C=O) groups is 1. The zero-order valence-corrected chi connectivity index (χ0v) is 14.8. The lowest BCUT2D eigenvalue weighted by molar-refractivity contribution is -0.385.